The van der Waals surface area contributed by atoms with E-state index in [1.54, 1.807) is 11.3 Å². The van der Waals surface area contributed by atoms with E-state index >= 15 is 0 Å². The van der Waals surface area contributed by atoms with Crippen molar-refractivity contribution in [1.29, 1.82) is 0 Å². The van der Waals surface area contributed by atoms with Gasteiger partial charge in [0.2, 0.25) is 5.91 Å². The van der Waals surface area contributed by atoms with Gasteiger partial charge in [0.1, 0.15) is 0 Å². The van der Waals surface area contributed by atoms with Crippen LogP contribution >= 0.6 is 11.3 Å². The molecule has 2 heterocycles. The number of thiophene rings is 1. The van der Waals surface area contributed by atoms with Crippen LogP contribution in [-0.2, 0) is 30.6 Å². The lowest BCUT2D eigenvalue weighted by Crippen LogP contribution is -2.24. The highest BCUT2D eigenvalue weighted by Crippen LogP contribution is 2.36. The first-order valence-corrected chi connectivity index (χ1v) is 9.74. The molecular weight excluding hydrogens is 346 g/mol. The second-order valence-electron chi connectivity index (χ2n) is 6.86. The van der Waals surface area contributed by atoms with Crippen LogP contribution in [0.5, 0.6) is 0 Å². The largest absolute Gasteiger partial charge is 0.352 e. The van der Waals surface area contributed by atoms with Crippen molar-refractivity contribution < 1.29 is 9.32 Å². The molecule has 1 amide bonds. The van der Waals surface area contributed by atoms with Crippen molar-refractivity contribution in [3.05, 3.63) is 58.2 Å². The molecule has 2 aromatic heterocycles. The highest BCUT2D eigenvalue weighted by Gasteiger charge is 2.21. The summed E-state index contributed by atoms with van der Waals surface area (Å²) in [7, 11) is 0. The zero-order valence-corrected chi connectivity index (χ0v) is 15.5. The Kier molecular flexibility index (Phi) is 4.84. The van der Waals surface area contributed by atoms with Crippen LogP contribution in [-0.4, -0.2) is 16.0 Å². The molecule has 1 atom stereocenters. The quantitative estimate of drug-likeness (QED) is 0.745. The zero-order valence-electron chi connectivity index (χ0n) is 14.7. The maximum absolute atomic E-state index is 12.1. The molecule has 0 fully saturated rings. The number of benzene rings is 1. The SMILES string of the molecule is CC1CCc2sc(-c3nc(CC(=O)NCc4ccccc4)no3)cc2C1. The van der Waals surface area contributed by atoms with E-state index in [0.29, 0.717) is 18.3 Å². The molecule has 0 aliphatic heterocycles. The highest BCUT2D eigenvalue weighted by molar-refractivity contribution is 7.15. The molecule has 1 unspecified atom stereocenters. The molecule has 4 rings (SSSR count). The number of hydrogen-bond acceptors (Lipinski definition) is 5. The molecule has 6 heteroatoms. The Morgan fingerprint density at radius 1 is 1.35 bits per heavy atom. The predicted molar refractivity (Wildman–Crippen MR) is 101 cm³/mol. The van der Waals surface area contributed by atoms with Gasteiger partial charge in [0.05, 0.1) is 11.3 Å². The van der Waals surface area contributed by atoms with Gasteiger partial charge in [-0.25, -0.2) is 0 Å². The van der Waals surface area contributed by atoms with Crippen LogP contribution in [0.2, 0.25) is 0 Å². The van der Waals surface area contributed by atoms with Crippen LogP contribution < -0.4 is 5.32 Å². The third-order valence-corrected chi connectivity index (χ3v) is 5.88. The van der Waals surface area contributed by atoms with Gasteiger partial charge in [-0.05, 0) is 42.4 Å². The monoisotopic (exact) mass is 367 g/mol. The fourth-order valence-corrected chi connectivity index (χ4v) is 4.37. The molecule has 0 spiro atoms. The molecule has 0 radical (unpaired) electrons. The second-order valence-corrected chi connectivity index (χ2v) is 8.00. The smallest absolute Gasteiger partial charge is 0.268 e. The van der Waals surface area contributed by atoms with Gasteiger partial charge >= 0.3 is 0 Å². The summed E-state index contributed by atoms with van der Waals surface area (Å²) >= 11 is 1.73. The number of rotatable bonds is 5. The van der Waals surface area contributed by atoms with Crippen molar-refractivity contribution in [2.75, 3.05) is 0 Å². The third-order valence-electron chi connectivity index (χ3n) is 4.66. The van der Waals surface area contributed by atoms with Crippen molar-refractivity contribution in [3.63, 3.8) is 0 Å². The molecule has 0 saturated heterocycles. The van der Waals surface area contributed by atoms with E-state index in [0.717, 1.165) is 29.2 Å². The Hall–Kier alpha value is -2.47. The van der Waals surface area contributed by atoms with Crippen LogP contribution in [0.15, 0.2) is 40.9 Å². The molecule has 5 nitrogen and oxygen atoms in total. The van der Waals surface area contributed by atoms with E-state index in [9.17, 15) is 4.79 Å². The van der Waals surface area contributed by atoms with Crippen LogP contribution in [0.4, 0.5) is 0 Å². The Morgan fingerprint density at radius 2 is 2.19 bits per heavy atom. The van der Waals surface area contributed by atoms with E-state index in [-0.39, 0.29) is 12.3 Å². The van der Waals surface area contributed by atoms with E-state index in [1.807, 2.05) is 30.3 Å². The molecule has 26 heavy (non-hydrogen) atoms. The van der Waals surface area contributed by atoms with Crippen molar-refractivity contribution >= 4 is 17.2 Å². The minimum absolute atomic E-state index is 0.111. The van der Waals surface area contributed by atoms with E-state index in [4.69, 9.17) is 4.52 Å². The van der Waals surface area contributed by atoms with Gasteiger partial charge in [-0.3, -0.25) is 4.79 Å². The minimum atomic E-state index is -0.111. The molecule has 134 valence electrons. The number of hydrogen-bond donors (Lipinski definition) is 1. The van der Waals surface area contributed by atoms with Crippen LogP contribution in [0.25, 0.3) is 10.8 Å². The number of nitrogens with zero attached hydrogens (tertiary/aromatic N) is 2. The average Bonchev–Trinajstić information content (AvgIpc) is 3.27. The maximum Gasteiger partial charge on any atom is 0.268 e. The van der Waals surface area contributed by atoms with Crippen LogP contribution in [0.3, 0.4) is 0 Å². The first kappa shape index (κ1) is 17.0. The van der Waals surface area contributed by atoms with Crippen molar-refractivity contribution in [2.45, 2.75) is 39.2 Å². The molecule has 1 N–H and O–H groups in total. The van der Waals surface area contributed by atoms with Gasteiger partial charge in [0.15, 0.2) is 5.82 Å². The predicted octanol–water partition coefficient (Wildman–Crippen LogP) is 3.78. The maximum atomic E-state index is 12.1. The van der Waals surface area contributed by atoms with Gasteiger partial charge in [-0.15, -0.1) is 11.3 Å². The number of carbonyl (C=O) groups is 1. The summed E-state index contributed by atoms with van der Waals surface area (Å²) in [6.07, 6.45) is 3.61. The minimum Gasteiger partial charge on any atom is -0.352 e. The fourth-order valence-electron chi connectivity index (χ4n) is 3.24. The van der Waals surface area contributed by atoms with E-state index < -0.39 is 0 Å². The number of fused-ring (bicyclic) bond motifs is 1. The van der Waals surface area contributed by atoms with Gasteiger partial charge < -0.3 is 9.84 Å². The molecular formula is C20H21N3O2S. The third kappa shape index (κ3) is 3.85. The first-order valence-electron chi connectivity index (χ1n) is 8.92. The normalized spacial score (nSPS) is 16.3. The highest BCUT2D eigenvalue weighted by atomic mass is 32.1. The summed E-state index contributed by atoms with van der Waals surface area (Å²) in [5.41, 5.74) is 2.47. The second kappa shape index (κ2) is 7.41. The number of nitrogens with one attached hydrogen (secondary N) is 1. The lowest BCUT2D eigenvalue weighted by molar-refractivity contribution is -0.120. The summed E-state index contributed by atoms with van der Waals surface area (Å²) in [4.78, 5) is 18.9. The standard InChI is InChI=1S/C20H21N3O2S/c1-13-7-8-16-15(9-13)10-17(26-16)20-22-18(23-25-20)11-19(24)21-12-14-5-3-2-4-6-14/h2-6,10,13H,7-9,11-12H2,1H3,(H,21,24). The summed E-state index contributed by atoms with van der Waals surface area (Å²) in [6.45, 7) is 2.79. The molecule has 1 aromatic carbocycles. The van der Waals surface area contributed by atoms with Crippen molar-refractivity contribution in [3.8, 4) is 10.8 Å². The van der Waals surface area contributed by atoms with Crippen LogP contribution in [0, 0.1) is 5.92 Å². The Morgan fingerprint density at radius 3 is 3.04 bits per heavy atom. The topological polar surface area (TPSA) is 68.0 Å². The van der Waals surface area contributed by atoms with Gasteiger partial charge in [0, 0.05) is 11.4 Å². The van der Waals surface area contributed by atoms with Gasteiger partial charge in [-0.1, -0.05) is 42.4 Å². The average molecular weight is 367 g/mol. The number of aryl methyl sites for hydroxylation is 1. The first-order chi connectivity index (χ1) is 12.7. The molecule has 1 aliphatic rings. The number of aromatic nitrogens is 2. The van der Waals surface area contributed by atoms with Gasteiger partial charge in [0.25, 0.3) is 5.89 Å². The number of carbonyl (C=O) groups excluding carboxylic acids is 1. The summed E-state index contributed by atoms with van der Waals surface area (Å²) in [5.74, 6) is 1.56. The van der Waals surface area contributed by atoms with E-state index in [1.165, 1.54) is 16.9 Å². The Labute approximate surface area is 156 Å². The molecule has 3 aromatic rings. The Bertz CT molecular complexity index is 901. The van der Waals surface area contributed by atoms with Gasteiger partial charge in [-0.2, -0.15) is 4.98 Å². The Balaban J connectivity index is 1.38. The summed E-state index contributed by atoms with van der Waals surface area (Å²) < 4.78 is 5.39. The lowest BCUT2D eigenvalue weighted by Gasteiger charge is -2.16. The summed E-state index contributed by atoms with van der Waals surface area (Å²) in [5, 5.41) is 6.85. The van der Waals surface area contributed by atoms with Crippen molar-refractivity contribution in [1.82, 2.24) is 15.5 Å². The molecule has 0 saturated carbocycles. The summed E-state index contributed by atoms with van der Waals surface area (Å²) in [6, 6.07) is 12.0. The number of amides is 1. The van der Waals surface area contributed by atoms with Crippen molar-refractivity contribution in [2.24, 2.45) is 5.92 Å². The zero-order chi connectivity index (χ0) is 17.9. The van der Waals surface area contributed by atoms with Crippen LogP contribution in [0.1, 0.15) is 35.2 Å². The van der Waals surface area contributed by atoms with E-state index in [2.05, 4.69) is 28.4 Å². The molecule has 1 aliphatic carbocycles. The molecule has 0 bridgehead atoms. The fraction of sp³-hybridized carbons (Fsp3) is 0.350. The lowest BCUT2D eigenvalue weighted by atomic mass is 9.90.